The minimum atomic E-state index is -4.72. The third kappa shape index (κ3) is 4.20. The molecular formula is C17H11ClF3N3O3. The molecule has 1 N–H and O–H groups in total. The van der Waals surface area contributed by atoms with E-state index in [1.54, 1.807) is 18.2 Å². The van der Waals surface area contributed by atoms with Crippen LogP contribution in [0.4, 0.5) is 18.9 Å². The molecule has 0 fully saturated rings. The van der Waals surface area contributed by atoms with Crippen molar-refractivity contribution in [2.75, 3.05) is 12.4 Å². The molecule has 0 saturated heterocycles. The molecule has 0 radical (unpaired) electrons. The first-order valence-corrected chi connectivity index (χ1v) is 7.82. The van der Waals surface area contributed by atoms with Crippen LogP contribution in [0.1, 0.15) is 16.2 Å². The molecule has 6 nitrogen and oxygen atoms in total. The van der Waals surface area contributed by atoms with Gasteiger partial charge in [0.1, 0.15) is 5.75 Å². The summed E-state index contributed by atoms with van der Waals surface area (Å²) >= 11 is 6.04. The van der Waals surface area contributed by atoms with Gasteiger partial charge in [-0.3, -0.25) is 4.79 Å². The molecule has 0 aliphatic heterocycles. The van der Waals surface area contributed by atoms with Crippen molar-refractivity contribution in [3.8, 4) is 17.1 Å². The molecular weight excluding hydrogens is 387 g/mol. The number of carbonyl (C=O) groups excluding carboxylic acids is 1. The maximum absolute atomic E-state index is 12.5. The number of nitrogens with one attached hydrogen (secondary N) is 1. The summed E-state index contributed by atoms with van der Waals surface area (Å²) in [6.07, 6.45) is -4.72. The van der Waals surface area contributed by atoms with Gasteiger partial charge in [-0.1, -0.05) is 28.9 Å². The van der Waals surface area contributed by atoms with Gasteiger partial charge in [-0.15, -0.1) is 0 Å². The Kier molecular flexibility index (Phi) is 5.04. The average molecular weight is 398 g/mol. The van der Waals surface area contributed by atoms with Crippen molar-refractivity contribution < 1.29 is 27.2 Å². The van der Waals surface area contributed by atoms with Crippen LogP contribution < -0.4 is 10.1 Å². The minimum Gasteiger partial charge on any atom is -0.497 e. The van der Waals surface area contributed by atoms with Crippen molar-refractivity contribution >= 4 is 23.2 Å². The van der Waals surface area contributed by atoms with Gasteiger partial charge >= 0.3 is 12.1 Å². The summed E-state index contributed by atoms with van der Waals surface area (Å²) in [5.74, 6) is -1.61. The fourth-order valence-electron chi connectivity index (χ4n) is 2.15. The quantitative estimate of drug-likeness (QED) is 0.692. The highest BCUT2D eigenvalue weighted by Crippen LogP contribution is 2.30. The number of halogens is 4. The van der Waals surface area contributed by atoms with E-state index in [-0.39, 0.29) is 17.0 Å². The van der Waals surface area contributed by atoms with Gasteiger partial charge in [0, 0.05) is 17.2 Å². The van der Waals surface area contributed by atoms with Crippen LogP contribution in [-0.4, -0.2) is 23.2 Å². The number of rotatable bonds is 4. The minimum absolute atomic E-state index is 0.231. The number of carbonyl (C=O) groups is 1. The van der Waals surface area contributed by atoms with E-state index in [2.05, 4.69) is 20.0 Å². The number of anilines is 1. The fourth-order valence-corrected chi connectivity index (χ4v) is 2.31. The number of benzene rings is 2. The van der Waals surface area contributed by atoms with Gasteiger partial charge < -0.3 is 14.6 Å². The predicted molar refractivity (Wildman–Crippen MR) is 90.7 cm³/mol. The van der Waals surface area contributed by atoms with Crippen molar-refractivity contribution in [1.29, 1.82) is 0 Å². The van der Waals surface area contributed by atoms with Crippen LogP contribution in [-0.2, 0) is 6.18 Å². The molecule has 1 aromatic heterocycles. The Morgan fingerprint density at radius 2 is 1.89 bits per heavy atom. The van der Waals surface area contributed by atoms with Gasteiger partial charge in [-0.05, 0) is 24.3 Å². The van der Waals surface area contributed by atoms with Crippen LogP contribution in [0.15, 0.2) is 47.0 Å². The lowest BCUT2D eigenvalue weighted by atomic mass is 10.1. The third-order valence-electron chi connectivity index (χ3n) is 3.50. The van der Waals surface area contributed by atoms with Gasteiger partial charge in [0.05, 0.1) is 17.8 Å². The van der Waals surface area contributed by atoms with E-state index in [4.69, 9.17) is 16.3 Å². The molecule has 1 heterocycles. The molecule has 0 unspecified atom stereocenters. The van der Waals surface area contributed by atoms with E-state index in [9.17, 15) is 18.0 Å². The summed E-state index contributed by atoms with van der Waals surface area (Å²) in [6.45, 7) is 0. The van der Waals surface area contributed by atoms with Crippen molar-refractivity contribution in [2.24, 2.45) is 0 Å². The number of hydrogen-bond acceptors (Lipinski definition) is 5. The third-order valence-corrected chi connectivity index (χ3v) is 3.83. The Morgan fingerprint density at radius 1 is 1.19 bits per heavy atom. The second-order valence-corrected chi connectivity index (χ2v) is 5.71. The summed E-state index contributed by atoms with van der Waals surface area (Å²) in [5.41, 5.74) is 0.889. The van der Waals surface area contributed by atoms with Crippen LogP contribution in [0.5, 0.6) is 5.75 Å². The SMILES string of the molecule is COc1ccc(Cl)c(NC(=O)c2ccc(-c3noc(C(F)(F)F)n3)cc2)c1. The maximum atomic E-state index is 12.5. The lowest BCUT2D eigenvalue weighted by Crippen LogP contribution is -2.12. The molecule has 1 amide bonds. The molecule has 10 heteroatoms. The van der Waals surface area contributed by atoms with Crippen molar-refractivity contribution in [3.63, 3.8) is 0 Å². The number of ether oxygens (including phenoxy) is 1. The molecule has 0 saturated carbocycles. The van der Waals surface area contributed by atoms with Gasteiger partial charge in [-0.2, -0.15) is 18.2 Å². The lowest BCUT2D eigenvalue weighted by Gasteiger charge is -2.09. The lowest BCUT2D eigenvalue weighted by molar-refractivity contribution is -0.159. The van der Waals surface area contributed by atoms with Crippen LogP contribution in [0, 0.1) is 0 Å². The highest BCUT2D eigenvalue weighted by Gasteiger charge is 2.38. The number of alkyl halides is 3. The normalized spacial score (nSPS) is 11.3. The molecule has 2 aromatic carbocycles. The standard InChI is InChI=1S/C17H11ClF3N3O3/c1-26-11-6-7-12(18)13(8-11)22-15(25)10-4-2-9(3-5-10)14-23-16(27-24-14)17(19,20)21/h2-8H,1H3,(H,22,25). The Morgan fingerprint density at radius 3 is 2.48 bits per heavy atom. The monoisotopic (exact) mass is 397 g/mol. The Labute approximate surface area is 155 Å². The van der Waals surface area contributed by atoms with Crippen molar-refractivity contribution in [2.45, 2.75) is 6.18 Å². The number of amides is 1. The number of aromatic nitrogens is 2. The highest BCUT2D eigenvalue weighted by atomic mass is 35.5. The Balaban J connectivity index is 1.77. The summed E-state index contributed by atoms with van der Waals surface area (Å²) in [6, 6.07) is 10.4. The smallest absolute Gasteiger partial charge is 0.471 e. The molecule has 0 bridgehead atoms. The first kappa shape index (κ1) is 18.7. The molecule has 3 aromatic rings. The molecule has 0 aliphatic carbocycles. The number of hydrogen-bond donors (Lipinski definition) is 1. The summed E-state index contributed by atoms with van der Waals surface area (Å²) in [7, 11) is 1.48. The first-order valence-electron chi connectivity index (χ1n) is 7.44. The van der Waals surface area contributed by atoms with E-state index < -0.39 is 18.0 Å². The molecule has 0 aliphatic rings. The predicted octanol–water partition coefficient (Wildman–Crippen LogP) is 4.67. The van der Waals surface area contributed by atoms with Crippen LogP contribution >= 0.6 is 11.6 Å². The number of methoxy groups -OCH3 is 1. The molecule has 27 heavy (non-hydrogen) atoms. The fraction of sp³-hybridized carbons (Fsp3) is 0.118. The van der Waals surface area contributed by atoms with Crippen LogP contribution in [0.25, 0.3) is 11.4 Å². The largest absolute Gasteiger partial charge is 0.497 e. The van der Waals surface area contributed by atoms with E-state index in [0.29, 0.717) is 16.5 Å². The van der Waals surface area contributed by atoms with Gasteiger partial charge in [0.2, 0.25) is 5.82 Å². The zero-order chi connectivity index (χ0) is 19.6. The van der Waals surface area contributed by atoms with Gasteiger partial charge in [-0.25, -0.2) is 0 Å². The Hall–Kier alpha value is -3.07. The molecule has 140 valence electrons. The number of nitrogens with zero attached hydrogens (tertiary/aromatic N) is 2. The van der Waals surface area contributed by atoms with Crippen LogP contribution in [0.3, 0.4) is 0 Å². The molecule has 3 rings (SSSR count). The van der Waals surface area contributed by atoms with Crippen molar-refractivity contribution in [1.82, 2.24) is 10.1 Å². The second kappa shape index (κ2) is 7.28. The summed E-state index contributed by atoms with van der Waals surface area (Å²) in [4.78, 5) is 15.6. The van der Waals surface area contributed by atoms with E-state index in [0.717, 1.165) is 0 Å². The maximum Gasteiger partial charge on any atom is 0.471 e. The van der Waals surface area contributed by atoms with E-state index in [1.165, 1.54) is 31.4 Å². The van der Waals surface area contributed by atoms with E-state index in [1.807, 2.05) is 0 Å². The Bertz CT molecular complexity index is 972. The van der Waals surface area contributed by atoms with Gasteiger partial charge in [0.15, 0.2) is 0 Å². The molecule has 0 atom stereocenters. The summed E-state index contributed by atoms with van der Waals surface area (Å²) in [5, 5.41) is 6.25. The summed E-state index contributed by atoms with van der Waals surface area (Å²) < 4.78 is 46.8. The topological polar surface area (TPSA) is 77.2 Å². The zero-order valence-corrected chi connectivity index (χ0v) is 14.4. The van der Waals surface area contributed by atoms with Gasteiger partial charge in [0.25, 0.3) is 5.91 Å². The van der Waals surface area contributed by atoms with Crippen molar-refractivity contribution in [3.05, 3.63) is 58.9 Å². The highest BCUT2D eigenvalue weighted by molar-refractivity contribution is 6.34. The van der Waals surface area contributed by atoms with Crippen LogP contribution in [0.2, 0.25) is 5.02 Å². The second-order valence-electron chi connectivity index (χ2n) is 5.30. The molecule has 0 spiro atoms. The first-order chi connectivity index (χ1) is 12.8. The zero-order valence-electron chi connectivity index (χ0n) is 13.7. The average Bonchev–Trinajstić information content (AvgIpc) is 3.14. The van der Waals surface area contributed by atoms with E-state index >= 15 is 0 Å².